The molecule has 1 heterocycles. The van der Waals surface area contributed by atoms with Gasteiger partial charge in [-0.3, -0.25) is 0 Å². The molecule has 1 aliphatic heterocycles. The lowest BCUT2D eigenvalue weighted by molar-refractivity contribution is 0.174. The van der Waals surface area contributed by atoms with Gasteiger partial charge in [-0.15, -0.1) is 0 Å². The first kappa shape index (κ1) is 18.3. The first-order valence-corrected chi connectivity index (χ1v) is 10.1. The summed E-state index contributed by atoms with van der Waals surface area (Å²) in [5.41, 5.74) is 4.62. The van der Waals surface area contributed by atoms with Crippen LogP contribution >= 0.6 is 0 Å². The van der Waals surface area contributed by atoms with Crippen LogP contribution in [0.1, 0.15) is 5.56 Å². The normalized spacial score (nSPS) is 12.8. The van der Waals surface area contributed by atoms with E-state index in [4.69, 9.17) is 19.3 Å². The molecular weight excluding hydrogens is 378 g/mol. The molecule has 0 fully saturated rings. The van der Waals surface area contributed by atoms with E-state index in [-0.39, 0.29) is 11.7 Å². The minimum atomic E-state index is -3.75. The molecule has 0 amide bonds. The third-order valence-corrected chi connectivity index (χ3v) is 5.65. The zero-order chi connectivity index (χ0) is 19.9. The molecule has 4 rings (SSSR count). The van der Waals surface area contributed by atoms with E-state index in [0.29, 0.717) is 11.5 Å². The Kier molecular flexibility index (Phi) is 4.49. The van der Waals surface area contributed by atoms with Gasteiger partial charge in [-0.05, 0) is 65.1 Å². The van der Waals surface area contributed by atoms with Gasteiger partial charge in [0.05, 0.1) is 12.0 Å². The number of rotatable bonds is 4. The highest BCUT2D eigenvalue weighted by molar-refractivity contribution is 7.89. The molecule has 144 valence electrons. The van der Waals surface area contributed by atoms with Gasteiger partial charge in [0.1, 0.15) is 5.75 Å². The summed E-state index contributed by atoms with van der Waals surface area (Å²) in [5.74, 6) is 2.10. The van der Waals surface area contributed by atoms with Crippen molar-refractivity contribution in [1.82, 2.24) is 0 Å². The highest BCUT2D eigenvalue weighted by Gasteiger charge is 2.20. The molecule has 0 saturated carbocycles. The molecule has 1 aliphatic rings. The number of fused-ring (bicyclic) bond motifs is 1. The average molecular weight is 397 g/mol. The molecule has 6 nitrogen and oxygen atoms in total. The maximum Gasteiger partial charge on any atom is 0.238 e. The molecule has 0 aromatic heterocycles. The van der Waals surface area contributed by atoms with E-state index in [1.807, 2.05) is 37.3 Å². The van der Waals surface area contributed by atoms with Gasteiger partial charge in [-0.25, -0.2) is 13.6 Å². The summed E-state index contributed by atoms with van der Waals surface area (Å²) in [6.07, 6.45) is 0. The van der Waals surface area contributed by atoms with Crippen LogP contribution in [-0.2, 0) is 10.0 Å². The average Bonchev–Trinajstić information content (AvgIpc) is 3.14. The summed E-state index contributed by atoms with van der Waals surface area (Å²) < 4.78 is 39.6. The van der Waals surface area contributed by atoms with E-state index in [1.165, 1.54) is 12.1 Å². The Morgan fingerprint density at radius 1 is 0.893 bits per heavy atom. The maximum atomic E-state index is 11.6. The molecule has 2 N–H and O–H groups in total. The Morgan fingerprint density at radius 2 is 1.46 bits per heavy atom. The summed E-state index contributed by atoms with van der Waals surface area (Å²) in [6.45, 7) is 2.15. The van der Waals surface area contributed by atoms with Gasteiger partial charge < -0.3 is 14.2 Å². The lowest BCUT2D eigenvalue weighted by atomic mass is 9.93. The predicted molar refractivity (Wildman–Crippen MR) is 106 cm³/mol. The number of hydrogen-bond acceptors (Lipinski definition) is 5. The van der Waals surface area contributed by atoms with E-state index in [9.17, 15) is 8.42 Å². The van der Waals surface area contributed by atoms with Crippen LogP contribution in [0.3, 0.4) is 0 Å². The summed E-state index contributed by atoms with van der Waals surface area (Å²) in [5, 5.41) is 5.21. The van der Waals surface area contributed by atoms with Crippen LogP contribution in [0.25, 0.3) is 22.3 Å². The van der Waals surface area contributed by atoms with E-state index >= 15 is 0 Å². The highest BCUT2D eigenvalue weighted by atomic mass is 32.2. The fourth-order valence-corrected chi connectivity index (χ4v) is 3.75. The number of hydrogen-bond donors (Lipinski definition) is 1. The largest absolute Gasteiger partial charge is 0.496 e. The zero-order valence-electron chi connectivity index (χ0n) is 15.4. The quantitative estimate of drug-likeness (QED) is 0.725. The fraction of sp³-hybridized carbons (Fsp3) is 0.143. The van der Waals surface area contributed by atoms with Crippen LogP contribution in [0, 0.1) is 6.92 Å². The minimum absolute atomic E-state index is 0.0653. The molecule has 3 aromatic carbocycles. The Hall–Kier alpha value is -3.03. The van der Waals surface area contributed by atoms with Crippen molar-refractivity contribution in [3.63, 3.8) is 0 Å². The zero-order valence-corrected chi connectivity index (χ0v) is 16.2. The van der Waals surface area contributed by atoms with Crippen molar-refractivity contribution in [3.05, 3.63) is 60.2 Å². The monoisotopic (exact) mass is 397 g/mol. The summed E-state index contributed by atoms with van der Waals surface area (Å²) in [7, 11) is -2.11. The molecule has 0 atom stereocenters. The second-order valence-electron chi connectivity index (χ2n) is 6.50. The van der Waals surface area contributed by atoms with Crippen molar-refractivity contribution >= 4 is 10.0 Å². The first-order chi connectivity index (χ1) is 13.4. The standard InChI is InChI=1S/C21H19NO5S/c1-13-3-4-15(9-19(13)25-2)18-11-21-20(26-12-27-21)10-17(18)14-5-7-16(8-6-14)28(22,23)24/h3-11H,12H2,1-2H3,(H2,22,23,24). The number of primary sulfonamides is 1. The second kappa shape index (κ2) is 6.85. The molecule has 28 heavy (non-hydrogen) atoms. The van der Waals surface area contributed by atoms with Crippen molar-refractivity contribution in [1.29, 1.82) is 0 Å². The Bertz CT molecular complexity index is 1150. The van der Waals surface area contributed by atoms with Gasteiger partial charge in [0.15, 0.2) is 11.5 Å². The van der Waals surface area contributed by atoms with Crippen LogP contribution in [0.4, 0.5) is 0 Å². The van der Waals surface area contributed by atoms with Crippen LogP contribution in [-0.4, -0.2) is 22.3 Å². The molecule has 7 heteroatoms. The van der Waals surface area contributed by atoms with Gasteiger partial charge in [0.25, 0.3) is 0 Å². The molecule has 0 aliphatic carbocycles. The summed E-state index contributed by atoms with van der Waals surface area (Å²) >= 11 is 0. The van der Waals surface area contributed by atoms with Crippen molar-refractivity contribution < 1.29 is 22.6 Å². The second-order valence-corrected chi connectivity index (χ2v) is 8.07. The first-order valence-electron chi connectivity index (χ1n) is 8.59. The lowest BCUT2D eigenvalue weighted by Gasteiger charge is -2.14. The molecule has 0 bridgehead atoms. The number of methoxy groups -OCH3 is 1. The number of aryl methyl sites for hydroxylation is 1. The molecule has 0 radical (unpaired) electrons. The SMILES string of the molecule is COc1cc(-c2cc3c(cc2-c2ccc(S(N)(=O)=O)cc2)OCO3)ccc1C. The molecular formula is C21H19NO5S. The van der Waals surface area contributed by atoms with E-state index in [1.54, 1.807) is 19.2 Å². The van der Waals surface area contributed by atoms with Crippen molar-refractivity contribution in [2.75, 3.05) is 13.9 Å². The van der Waals surface area contributed by atoms with Crippen LogP contribution in [0.15, 0.2) is 59.5 Å². The van der Waals surface area contributed by atoms with Crippen molar-refractivity contribution in [3.8, 4) is 39.5 Å². The highest BCUT2D eigenvalue weighted by Crippen LogP contribution is 2.43. The van der Waals surface area contributed by atoms with Gasteiger partial charge in [0, 0.05) is 0 Å². The van der Waals surface area contributed by atoms with E-state index < -0.39 is 10.0 Å². The Labute approximate surface area is 163 Å². The maximum absolute atomic E-state index is 11.6. The molecule has 0 unspecified atom stereocenters. The van der Waals surface area contributed by atoms with Gasteiger partial charge in [0.2, 0.25) is 16.8 Å². The fourth-order valence-electron chi connectivity index (χ4n) is 3.23. The van der Waals surface area contributed by atoms with Crippen LogP contribution in [0.5, 0.6) is 17.2 Å². The smallest absolute Gasteiger partial charge is 0.238 e. The van der Waals surface area contributed by atoms with E-state index in [0.717, 1.165) is 33.6 Å². The molecule has 0 spiro atoms. The number of sulfonamides is 1. The van der Waals surface area contributed by atoms with E-state index in [2.05, 4.69) is 0 Å². The lowest BCUT2D eigenvalue weighted by Crippen LogP contribution is -2.11. The summed E-state index contributed by atoms with van der Waals surface area (Å²) in [6, 6.07) is 16.2. The van der Waals surface area contributed by atoms with Gasteiger partial charge in [-0.1, -0.05) is 24.3 Å². The Morgan fingerprint density at radius 3 is 2.04 bits per heavy atom. The predicted octanol–water partition coefficient (Wildman–Crippen LogP) is 3.71. The minimum Gasteiger partial charge on any atom is -0.496 e. The third-order valence-electron chi connectivity index (χ3n) is 4.73. The molecule has 0 saturated heterocycles. The van der Waals surface area contributed by atoms with Crippen molar-refractivity contribution in [2.24, 2.45) is 5.14 Å². The number of benzene rings is 3. The third kappa shape index (κ3) is 3.30. The number of ether oxygens (including phenoxy) is 3. The molecule has 3 aromatic rings. The Balaban J connectivity index is 1.90. The van der Waals surface area contributed by atoms with Crippen LogP contribution < -0.4 is 19.3 Å². The van der Waals surface area contributed by atoms with Crippen LogP contribution in [0.2, 0.25) is 0 Å². The summed E-state index contributed by atoms with van der Waals surface area (Å²) in [4.78, 5) is 0.0653. The van der Waals surface area contributed by atoms with Gasteiger partial charge in [-0.2, -0.15) is 0 Å². The number of nitrogens with two attached hydrogens (primary N) is 1. The topological polar surface area (TPSA) is 87.9 Å². The van der Waals surface area contributed by atoms with Gasteiger partial charge >= 0.3 is 0 Å². The van der Waals surface area contributed by atoms with Crippen molar-refractivity contribution in [2.45, 2.75) is 11.8 Å².